The average Bonchev–Trinajstić information content (AvgIpc) is 2.91. The first-order valence-corrected chi connectivity index (χ1v) is 8.42. The number of aliphatic hydroxyl groups excluding tert-OH is 1. The lowest BCUT2D eigenvalue weighted by atomic mass is 9.91. The van der Waals surface area contributed by atoms with Crippen molar-refractivity contribution in [2.45, 2.75) is 31.3 Å². The van der Waals surface area contributed by atoms with Crippen molar-refractivity contribution in [2.24, 2.45) is 5.73 Å². The maximum Gasteiger partial charge on any atom is 0.0632 e. The van der Waals surface area contributed by atoms with Gasteiger partial charge in [-0.15, -0.1) is 11.3 Å². The van der Waals surface area contributed by atoms with Gasteiger partial charge >= 0.3 is 0 Å². The van der Waals surface area contributed by atoms with Crippen LogP contribution < -0.4 is 5.73 Å². The Morgan fingerprint density at radius 2 is 2.15 bits per heavy atom. The molecule has 2 heterocycles. The molecule has 1 aromatic heterocycles. The summed E-state index contributed by atoms with van der Waals surface area (Å²) in [4.78, 5) is 7.69. The van der Waals surface area contributed by atoms with Crippen molar-refractivity contribution in [1.82, 2.24) is 9.80 Å². The van der Waals surface area contributed by atoms with Gasteiger partial charge < -0.3 is 15.7 Å². The second kappa shape index (κ2) is 6.12. The zero-order valence-corrected chi connectivity index (χ0v) is 13.0. The van der Waals surface area contributed by atoms with Crippen LogP contribution in [0.3, 0.4) is 0 Å². The lowest BCUT2D eigenvalue weighted by Crippen LogP contribution is -2.46. The van der Waals surface area contributed by atoms with Crippen LogP contribution in [-0.4, -0.2) is 54.7 Å². The molecule has 3 rings (SSSR count). The lowest BCUT2D eigenvalue weighted by Gasteiger charge is -2.39. The Labute approximate surface area is 125 Å². The number of piperazine rings is 1. The van der Waals surface area contributed by atoms with E-state index in [9.17, 15) is 5.11 Å². The maximum atomic E-state index is 9.26. The molecule has 4 nitrogen and oxygen atoms in total. The molecule has 1 fully saturated rings. The van der Waals surface area contributed by atoms with Crippen LogP contribution in [0, 0.1) is 0 Å². The largest absolute Gasteiger partial charge is 0.394 e. The van der Waals surface area contributed by atoms with Gasteiger partial charge in [0.2, 0.25) is 0 Å². The van der Waals surface area contributed by atoms with E-state index in [1.165, 1.54) is 42.8 Å². The minimum atomic E-state index is -0.210. The van der Waals surface area contributed by atoms with Gasteiger partial charge in [0, 0.05) is 42.0 Å². The third kappa shape index (κ3) is 2.78. The molecule has 1 saturated heterocycles. The van der Waals surface area contributed by atoms with Crippen molar-refractivity contribution < 1.29 is 5.11 Å². The van der Waals surface area contributed by atoms with Crippen molar-refractivity contribution in [3.63, 3.8) is 0 Å². The SMILES string of the molecule is CN1CCN(C2CCCc3sc(C(N)CO)cc32)CC1. The van der Waals surface area contributed by atoms with Crippen LogP contribution in [0.25, 0.3) is 0 Å². The highest BCUT2D eigenvalue weighted by molar-refractivity contribution is 7.12. The molecule has 0 bridgehead atoms. The quantitative estimate of drug-likeness (QED) is 0.884. The van der Waals surface area contributed by atoms with Crippen LogP contribution >= 0.6 is 11.3 Å². The first-order chi connectivity index (χ1) is 9.69. The number of nitrogens with zero attached hydrogens (tertiary/aromatic N) is 2. The van der Waals surface area contributed by atoms with Crippen molar-refractivity contribution in [3.05, 3.63) is 21.4 Å². The summed E-state index contributed by atoms with van der Waals surface area (Å²) in [7, 11) is 2.20. The van der Waals surface area contributed by atoms with Gasteiger partial charge in [-0.2, -0.15) is 0 Å². The number of aryl methyl sites for hydroxylation is 1. The second-order valence-corrected chi connectivity index (χ2v) is 7.23. The van der Waals surface area contributed by atoms with Gasteiger partial charge in [-0.05, 0) is 37.9 Å². The predicted octanol–water partition coefficient (Wildman–Crippen LogP) is 1.36. The van der Waals surface area contributed by atoms with Crippen molar-refractivity contribution in [1.29, 1.82) is 0 Å². The van der Waals surface area contributed by atoms with E-state index in [2.05, 4.69) is 22.9 Å². The number of rotatable bonds is 3. The van der Waals surface area contributed by atoms with Gasteiger partial charge in [0.1, 0.15) is 0 Å². The molecule has 112 valence electrons. The average molecular weight is 295 g/mol. The molecule has 0 spiro atoms. The van der Waals surface area contributed by atoms with E-state index in [-0.39, 0.29) is 12.6 Å². The summed E-state index contributed by atoms with van der Waals surface area (Å²) in [6.07, 6.45) is 3.72. The molecule has 1 aliphatic heterocycles. The van der Waals surface area contributed by atoms with Crippen LogP contribution in [-0.2, 0) is 6.42 Å². The Morgan fingerprint density at radius 1 is 1.40 bits per heavy atom. The fourth-order valence-electron chi connectivity index (χ4n) is 3.34. The number of thiophene rings is 1. The number of nitrogens with two attached hydrogens (primary N) is 1. The molecule has 0 aromatic carbocycles. The topological polar surface area (TPSA) is 52.7 Å². The Kier molecular flexibility index (Phi) is 4.43. The van der Waals surface area contributed by atoms with Crippen molar-refractivity contribution >= 4 is 11.3 Å². The minimum Gasteiger partial charge on any atom is -0.394 e. The Balaban J connectivity index is 1.80. The summed E-state index contributed by atoms with van der Waals surface area (Å²) in [5.74, 6) is 0. The molecule has 1 aromatic rings. The number of hydrogen-bond donors (Lipinski definition) is 2. The van der Waals surface area contributed by atoms with Gasteiger partial charge in [0.15, 0.2) is 0 Å². The van der Waals surface area contributed by atoms with E-state index in [4.69, 9.17) is 5.73 Å². The molecule has 2 unspecified atom stereocenters. The van der Waals surface area contributed by atoms with E-state index in [0.717, 1.165) is 18.0 Å². The first-order valence-electron chi connectivity index (χ1n) is 7.60. The summed E-state index contributed by atoms with van der Waals surface area (Å²) >= 11 is 1.81. The highest BCUT2D eigenvalue weighted by Crippen LogP contribution is 2.40. The third-order valence-corrected chi connectivity index (χ3v) is 5.98. The van der Waals surface area contributed by atoms with Crippen LogP contribution in [0.4, 0.5) is 0 Å². The molecule has 3 N–H and O–H groups in total. The highest BCUT2D eigenvalue weighted by atomic mass is 32.1. The van der Waals surface area contributed by atoms with Gasteiger partial charge in [-0.25, -0.2) is 0 Å². The Morgan fingerprint density at radius 3 is 2.85 bits per heavy atom. The van der Waals surface area contributed by atoms with E-state index < -0.39 is 0 Å². The first kappa shape index (κ1) is 14.5. The molecule has 20 heavy (non-hydrogen) atoms. The molecule has 2 aliphatic rings. The van der Waals surface area contributed by atoms with Gasteiger partial charge in [-0.1, -0.05) is 0 Å². The summed E-state index contributed by atoms with van der Waals surface area (Å²) in [5.41, 5.74) is 7.48. The minimum absolute atomic E-state index is 0.0402. The Hall–Kier alpha value is -0.460. The number of fused-ring (bicyclic) bond motifs is 1. The Bertz CT molecular complexity index is 454. The van der Waals surface area contributed by atoms with E-state index in [1.54, 1.807) is 0 Å². The molecule has 2 atom stereocenters. The number of aliphatic hydroxyl groups is 1. The zero-order chi connectivity index (χ0) is 14.1. The maximum absolute atomic E-state index is 9.26. The molecule has 0 radical (unpaired) electrons. The molecular formula is C15H25N3OS. The summed E-state index contributed by atoms with van der Waals surface area (Å²) < 4.78 is 0. The molecule has 0 saturated carbocycles. The van der Waals surface area contributed by atoms with Gasteiger partial charge in [0.05, 0.1) is 12.6 Å². The summed E-state index contributed by atoms with van der Waals surface area (Å²) in [5, 5.41) is 9.26. The van der Waals surface area contributed by atoms with Crippen LogP contribution in [0.2, 0.25) is 0 Å². The molecule has 5 heteroatoms. The third-order valence-electron chi connectivity index (χ3n) is 4.64. The van der Waals surface area contributed by atoms with Crippen LogP contribution in [0.5, 0.6) is 0 Å². The predicted molar refractivity (Wildman–Crippen MR) is 83.1 cm³/mol. The second-order valence-electron chi connectivity index (χ2n) is 6.06. The normalized spacial score (nSPS) is 26.4. The van der Waals surface area contributed by atoms with Gasteiger partial charge in [0.25, 0.3) is 0 Å². The van der Waals surface area contributed by atoms with E-state index >= 15 is 0 Å². The van der Waals surface area contributed by atoms with Crippen molar-refractivity contribution in [2.75, 3.05) is 39.8 Å². The number of likely N-dealkylation sites (N-methyl/N-ethyl adjacent to an activating group) is 1. The van der Waals surface area contributed by atoms with E-state index in [1.807, 2.05) is 11.3 Å². The lowest BCUT2D eigenvalue weighted by molar-refractivity contribution is 0.103. The van der Waals surface area contributed by atoms with E-state index in [0.29, 0.717) is 6.04 Å². The summed E-state index contributed by atoms with van der Waals surface area (Å²) in [6, 6.07) is 2.63. The smallest absolute Gasteiger partial charge is 0.0632 e. The van der Waals surface area contributed by atoms with Crippen molar-refractivity contribution in [3.8, 4) is 0 Å². The molecule has 0 amide bonds. The monoisotopic (exact) mass is 295 g/mol. The van der Waals surface area contributed by atoms with Crippen LogP contribution in [0.1, 0.15) is 40.2 Å². The fourth-order valence-corrected chi connectivity index (χ4v) is 4.59. The standard InChI is InChI=1S/C15H25N3OS/c1-17-5-7-18(8-6-17)13-3-2-4-14-11(13)9-15(20-14)12(16)10-19/h9,12-13,19H,2-8,10,16H2,1H3. The zero-order valence-electron chi connectivity index (χ0n) is 12.2. The number of hydrogen-bond acceptors (Lipinski definition) is 5. The molecule has 1 aliphatic carbocycles. The fraction of sp³-hybridized carbons (Fsp3) is 0.733. The van der Waals surface area contributed by atoms with Crippen LogP contribution in [0.15, 0.2) is 6.07 Å². The molecular weight excluding hydrogens is 270 g/mol. The highest BCUT2D eigenvalue weighted by Gasteiger charge is 2.30. The summed E-state index contributed by atoms with van der Waals surface area (Å²) in [6.45, 7) is 4.70. The van der Waals surface area contributed by atoms with Gasteiger partial charge in [-0.3, -0.25) is 4.90 Å².